The first-order valence-corrected chi connectivity index (χ1v) is 9.96. The molecule has 6 nitrogen and oxygen atoms in total. The number of hydrogen-bond acceptors (Lipinski definition) is 4. The van der Waals surface area contributed by atoms with Crippen LogP contribution < -0.4 is 0 Å². The molecule has 27 heavy (non-hydrogen) atoms. The molecular formula is C21H31N3O3. The van der Waals surface area contributed by atoms with E-state index in [1.54, 1.807) is 7.11 Å². The third-order valence-corrected chi connectivity index (χ3v) is 5.39. The number of carbonyl (C=O) groups excluding carboxylic acids is 1. The van der Waals surface area contributed by atoms with E-state index in [9.17, 15) is 9.90 Å². The lowest BCUT2D eigenvalue weighted by atomic mass is 9.96. The number of fused-ring (bicyclic) bond motifs is 1. The van der Waals surface area contributed by atoms with E-state index >= 15 is 0 Å². The van der Waals surface area contributed by atoms with Crippen LogP contribution in [0.5, 0.6) is 0 Å². The van der Waals surface area contributed by atoms with Crippen molar-refractivity contribution in [1.29, 1.82) is 0 Å². The zero-order valence-electron chi connectivity index (χ0n) is 16.4. The van der Waals surface area contributed by atoms with Gasteiger partial charge in [-0.2, -0.15) is 0 Å². The van der Waals surface area contributed by atoms with Crippen molar-refractivity contribution in [3.8, 4) is 0 Å². The summed E-state index contributed by atoms with van der Waals surface area (Å²) >= 11 is 0. The van der Waals surface area contributed by atoms with E-state index in [1.807, 2.05) is 24.0 Å². The minimum Gasteiger partial charge on any atom is -0.396 e. The summed E-state index contributed by atoms with van der Waals surface area (Å²) in [6.45, 7) is 5.07. The Labute approximate surface area is 161 Å². The zero-order chi connectivity index (χ0) is 19.2. The van der Waals surface area contributed by atoms with Crippen LogP contribution in [0.1, 0.15) is 44.3 Å². The van der Waals surface area contributed by atoms with Gasteiger partial charge in [0.25, 0.3) is 0 Å². The van der Waals surface area contributed by atoms with Crippen LogP contribution in [0.4, 0.5) is 0 Å². The number of likely N-dealkylation sites (tertiary alicyclic amines) is 1. The van der Waals surface area contributed by atoms with E-state index in [0.717, 1.165) is 55.8 Å². The Morgan fingerprint density at radius 3 is 3.00 bits per heavy atom. The fraction of sp³-hybridized carbons (Fsp3) is 0.619. The molecule has 0 aliphatic carbocycles. The van der Waals surface area contributed by atoms with Crippen LogP contribution in [-0.2, 0) is 16.1 Å². The lowest BCUT2D eigenvalue weighted by Crippen LogP contribution is -2.40. The van der Waals surface area contributed by atoms with Crippen LogP contribution in [0.3, 0.4) is 0 Å². The van der Waals surface area contributed by atoms with Crippen LogP contribution in [0, 0.1) is 5.92 Å². The van der Waals surface area contributed by atoms with Gasteiger partial charge in [-0.1, -0.05) is 19.1 Å². The second-order valence-electron chi connectivity index (χ2n) is 7.63. The number of para-hydroxylation sites is 2. The van der Waals surface area contributed by atoms with Gasteiger partial charge in [0, 0.05) is 52.3 Å². The van der Waals surface area contributed by atoms with E-state index in [1.165, 1.54) is 0 Å². The Balaban J connectivity index is 1.81. The summed E-state index contributed by atoms with van der Waals surface area (Å²) in [7, 11) is 1.73. The molecule has 3 rings (SSSR count). The van der Waals surface area contributed by atoms with Gasteiger partial charge in [-0.15, -0.1) is 0 Å². The number of nitrogens with zero attached hydrogens (tertiary/aromatic N) is 3. The number of benzene rings is 1. The number of imidazole rings is 1. The molecule has 1 aromatic heterocycles. The molecule has 1 aliphatic rings. The van der Waals surface area contributed by atoms with Crippen molar-refractivity contribution in [1.82, 2.24) is 14.5 Å². The van der Waals surface area contributed by atoms with Crippen LogP contribution in [0.2, 0.25) is 0 Å². The molecule has 1 aromatic carbocycles. The molecule has 2 atom stereocenters. The van der Waals surface area contributed by atoms with Gasteiger partial charge in [0.2, 0.25) is 5.91 Å². The van der Waals surface area contributed by atoms with Crippen LogP contribution >= 0.6 is 0 Å². The summed E-state index contributed by atoms with van der Waals surface area (Å²) < 4.78 is 7.54. The van der Waals surface area contributed by atoms with Gasteiger partial charge in [-0.3, -0.25) is 4.79 Å². The number of aromatic nitrogens is 2. The number of ether oxygens (including phenoxy) is 1. The van der Waals surface area contributed by atoms with E-state index < -0.39 is 0 Å². The summed E-state index contributed by atoms with van der Waals surface area (Å²) in [4.78, 5) is 19.5. The van der Waals surface area contributed by atoms with Crippen molar-refractivity contribution in [3.05, 3.63) is 30.1 Å². The standard InChI is InChI=1S/C21H31N3O3/c1-16(15-25)13-20(26)23-10-5-7-17(14-23)21-22-18-8-3-4-9-19(18)24(21)11-6-12-27-2/h3-4,8-9,16-17,25H,5-7,10-15H2,1-2H3/t16-,17+/m0/s1. The molecule has 1 amide bonds. The monoisotopic (exact) mass is 373 g/mol. The van der Waals surface area contributed by atoms with Crippen LogP contribution in [-0.4, -0.2) is 58.9 Å². The van der Waals surface area contributed by atoms with E-state index in [-0.39, 0.29) is 24.3 Å². The maximum atomic E-state index is 12.6. The molecular weight excluding hydrogens is 342 g/mol. The Bertz CT molecular complexity index is 758. The van der Waals surface area contributed by atoms with Gasteiger partial charge in [-0.05, 0) is 37.3 Å². The normalized spacial score (nSPS) is 18.8. The maximum absolute atomic E-state index is 12.6. The number of aryl methyl sites for hydroxylation is 1. The Hall–Kier alpha value is -1.92. The summed E-state index contributed by atoms with van der Waals surface area (Å²) in [6.07, 6.45) is 3.39. The van der Waals surface area contributed by atoms with E-state index in [0.29, 0.717) is 13.0 Å². The number of aliphatic hydroxyl groups excluding tert-OH is 1. The highest BCUT2D eigenvalue weighted by atomic mass is 16.5. The number of aliphatic hydroxyl groups is 1. The smallest absolute Gasteiger partial charge is 0.222 e. The minimum absolute atomic E-state index is 0.0106. The predicted octanol–water partition coefficient (Wildman–Crippen LogP) is 2.80. The summed E-state index contributed by atoms with van der Waals surface area (Å²) in [5.74, 6) is 1.49. The molecule has 0 saturated carbocycles. The van der Waals surface area contributed by atoms with Crippen LogP contribution in [0.15, 0.2) is 24.3 Å². The molecule has 1 fully saturated rings. The highest BCUT2D eigenvalue weighted by Crippen LogP contribution is 2.30. The lowest BCUT2D eigenvalue weighted by molar-refractivity contribution is -0.133. The Morgan fingerprint density at radius 1 is 1.41 bits per heavy atom. The van der Waals surface area contributed by atoms with Gasteiger partial charge in [0.15, 0.2) is 0 Å². The Morgan fingerprint density at radius 2 is 2.22 bits per heavy atom. The molecule has 2 heterocycles. The zero-order valence-corrected chi connectivity index (χ0v) is 16.4. The second kappa shape index (κ2) is 9.33. The fourth-order valence-electron chi connectivity index (χ4n) is 3.91. The largest absolute Gasteiger partial charge is 0.396 e. The van der Waals surface area contributed by atoms with Crippen molar-refractivity contribution >= 4 is 16.9 Å². The van der Waals surface area contributed by atoms with E-state index in [2.05, 4.69) is 16.7 Å². The molecule has 0 radical (unpaired) electrons. The van der Waals surface area contributed by atoms with Crippen molar-refractivity contribution < 1.29 is 14.6 Å². The van der Waals surface area contributed by atoms with E-state index in [4.69, 9.17) is 9.72 Å². The van der Waals surface area contributed by atoms with Gasteiger partial charge in [0.1, 0.15) is 5.82 Å². The number of rotatable bonds is 8. The predicted molar refractivity (Wildman–Crippen MR) is 106 cm³/mol. The second-order valence-corrected chi connectivity index (χ2v) is 7.63. The molecule has 148 valence electrons. The van der Waals surface area contributed by atoms with Crippen LogP contribution in [0.25, 0.3) is 11.0 Å². The van der Waals surface area contributed by atoms with Crippen molar-refractivity contribution in [2.45, 2.75) is 45.1 Å². The molecule has 1 N–H and O–H groups in total. The molecule has 0 bridgehead atoms. The topological polar surface area (TPSA) is 67.6 Å². The SMILES string of the molecule is COCCCn1c([C@@H]2CCCN(C(=O)C[C@H](C)CO)C2)nc2ccccc21. The highest BCUT2D eigenvalue weighted by Gasteiger charge is 2.29. The first-order valence-electron chi connectivity index (χ1n) is 9.96. The number of methoxy groups -OCH3 is 1. The van der Waals surface area contributed by atoms with Gasteiger partial charge in [-0.25, -0.2) is 4.98 Å². The summed E-state index contributed by atoms with van der Waals surface area (Å²) in [6, 6.07) is 8.24. The molecule has 6 heteroatoms. The summed E-state index contributed by atoms with van der Waals surface area (Å²) in [5.41, 5.74) is 2.17. The number of amides is 1. The average molecular weight is 373 g/mol. The first-order chi connectivity index (χ1) is 13.1. The quantitative estimate of drug-likeness (QED) is 0.723. The van der Waals surface area contributed by atoms with Gasteiger partial charge in [0.05, 0.1) is 11.0 Å². The van der Waals surface area contributed by atoms with Gasteiger partial charge < -0.3 is 19.3 Å². The third-order valence-electron chi connectivity index (χ3n) is 5.39. The molecule has 1 saturated heterocycles. The van der Waals surface area contributed by atoms with Crippen molar-refractivity contribution in [2.75, 3.05) is 33.4 Å². The van der Waals surface area contributed by atoms with Gasteiger partial charge >= 0.3 is 0 Å². The third kappa shape index (κ3) is 4.68. The average Bonchev–Trinajstić information content (AvgIpc) is 3.07. The minimum atomic E-state index is 0.0106. The Kier molecular flexibility index (Phi) is 6.85. The molecule has 1 aliphatic heterocycles. The molecule has 2 aromatic rings. The summed E-state index contributed by atoms with van der Waals surface area (Å²) in [5, 5.41) is 9.24. The number of piperidine rings is 1. The number of carbonyl (C=O) groups is 1. The lowest BCUT2D eigenvalue weighted by Gasteiger charge is -2.33. The maximum Gasteiger partial charge on any atom is 0.222 e. The number of hydrogen-bond donors (Lipinski definition) is 1. The molecule has 0 spiro atoms. The molecule has 0 unspecified atom stereocenters. The first kappa shape index (κ1) is 19.8. The van der Waals surface area contributed by atoms with Crippen molar-refractivity contribution in [3.63, 3.8) is 0 Å². The fourth-order valence-corrected chi connectivity index (χ4v) is 3.91. The highest BCUT2D eigenvalue weighted by molar-refractivity contribution is 5.77. The van der Waals surface area contributed by atoms with Crippen molar-refractivity contribution in [2.24, 2.45) is 5.92 Å².